The Kier molecular flexibility index (Phi) is 4.03. The second-order valence-electron chi connectivity index (χ2n) is 3.94. The van der Waals surface area contributed by atoms with Gasteiger partial charge in [-0.15, -0.1) is 0 Å². The highest BCUT2D eigenvalue weighted by molar-refractivity contribution is 9.10. The number of amides is 1. The van der Waals surface area contributed by atoms with Crippen LogP contribution in [0.25, 0.3) is 0 Å². The molecule has 0 saturated heterocycles. The van der Waals surface area contributed by atoms with Gasteiger partial charge >= 0.3 is 11.7 Å². The van der Waals surface area contributed by atoms with Gasteiger partial charge in [-0.25, -0.2) is 9.59 Å². The van der Waals surface area contributed by atoms with Gasteiger partial charge in [0.2, 0.25) is 0 Å². The van der Waals surface area contributed by atoms with Gasteiger partial charge in [-0.1, -0.05) is 0 Å². The van der Waals surface area contributed by atoms with Crippen LogP contribution in [0.5, 0.6) is 0 Å². The minimum Gasteiger partial charge on any atom is -0.478 e. The molecule has 0 atom stereocenters. The van der Waals surface area contributed by atoms with Crippen LogP contribution in [0.2, 0.25) is 0 Å². The van der Waals surface area contributed by atoms with E-state index in [-0.39, 0.29) is 16.8 Å². The van der Waals surface area contributed by atoms with Crippen molar-refractivity contribution in [2.24, 2.45) is 0 Å². The van der Waals surface area contributed by atoms with E-state index in [0.29, 0.717) is 4.47 Å². The average Bonchev–Trinajstić information content (AvgIpc) is 2.40. The molecule has 2 aromatic rings. The van der Waals surface area contributed by atoms with Gasteiger partial charge in [-0.3, -0.25) is 14.6 Å². The van der Waals surface area contributed by atoms with Crippen molar-refractivity contribution in [2.75, 3.05) is 5.32 Å². The first-order chi connectivity index (χ1) is 9.88. The number of carbonyl (C=O) groups excluding carboxylic acids is 1. The monoisotopic (exact) mass is 353 g/mol. The standard InChI is InChI=1S/C12H8BrN3O5/c13-7-2-1-5(11(19)20)3-8(7)15-9(17)6-4-14-12(21)16-10(6)18/h1-4H,(H,15,17)(H,19,20)(H2,14,16,18,21). The van der Waals surface area contributed by atoms with E-state index in [0.717, 1.165) is 6.20 Å². The van der Waals surface area contributed by atoms with Gasteiger partial charge in [0.15, 0.2) is 0 Å². The molecule has 21 heavy (non-hydrogen) atoms. The number of halogens is 1. The Bertz CT molecular complexity index is 839. The highest BCUT2D eigenvalue weighted by Crippen LogP contribution is 2.24. The summed E-state index contributed by atoms with van der Waals surface area (Å²) in [5, 5.41) is 11.3. The normalized spacial score (nSPS) is 10.1. The SMILES string of the molecule is O=C(O)c1ccc(Br)c(NC(=O)c2c[nH]c(=O)[nH]c2=O)c1. The van der Waals surface area contributed by atoms with Gasteiger partial charge < -0.3 is 15.4 Å². The van der Waals surface area contributed by atoms with Crippen LogP contribution < -0.4 is 16.6 Å². The molecule has 8 nitrogen and oxygen atoms in total. The van der Waals surface area contributed by atoms with E-state index in [4.69, 9.17) is 5.11 Å². The molecule has 9 heteroatoms. The third-order valence-electron chi connectivity index (χ3n) is 2.53. The molecule has 0 unspecified atom stereocenters. The summed E-state index contributed by atoms with van der Waals surface area (Å²) in [4.78, 5) is 49.3. The Morgan fingerprint density at radius 2 is 1.95 bits per heavy atom. The van der Waals surface area contributed by atoms with E-state index in [1.807, 2.05) is 4.98 Å². The summed E-state index contributed by atoms with van der Waals surface area (Å²) in [5.41, 5.74) is -1.72. The van der Waals surface area contributed by atoms with Crippen molar-refractivity contribution < 1.29 is 14.7 Å². The summed E-state index contributed by atoms with van der Waals surface area (Å²) in [6.07, 6.45) is 0.978. The highest BCUT2D eigenvalue weighted by Gasteiger charge is 2.14. The molecule has 0 saturated carbocycles. The lowest BCUT2D eigenvalue weighted by atomic mass is 10.2. The minimum absolute atomic E-state index is 0.0242. The predicted molar refractivity (Wildman–Crippen MR) is 76.7 cm³/mol. The number of aromatic amines is 2. The molecule has 0 bridgehead atoms. The largest absolute Gasteiger partial charge is 0.478 e. The van der Waals surface area contributed by atoms with Gasteiger partial charge in [0.25, 0.3) is 11.5 Å². The Morgan fingerprint density at radius 1 is 1.24 bits per heavy atom. The summed E-state index contributed by atoms with van der Waals surface area (Å²) >= 11 is 3.16. The number of H-pyrrole nitrogens is 2. The fourth-order valence-electron chi connectivity index (χ4n) is 1.52. The molecule has 1 aromatic heterocycles. The third-order valence-corrected chi connectivity index (χ3v) is 3.22. The number of nitrogens with one attached hydrogen (secondary N) is 3. The minimum atomic E-state index is -1.15. The fraction of sp³-hybridized carbons (Fsp3) is 0. The molecule has 0 aliphatic heterocycles. The summed E-state index contributed by atoms with van der Waals surface area (Å²) in [5.74, 6) is -1.93. The van der Waals surface area contributed by atoms with Gasteiger partial charge in [-0.05, 0) is 34.1 Å². The van der Waals surface area contributed by atoms with Crippen LogP contribution in [0.15, 0.2) is 38.5 Å². The summed E-state index contributed by atoms with van der Waals surface area (Å²) < 4.78 is 0.446. The molecule has 0 spiro atoms. The van der Waals surface area contributed by atoms with Gasteiger partial charge in [0.1, 0.15) is 5.56 Å². The number of carboxylic acids is 1. The van der Waals surface area contributed by atoms with Gasteiger partial charge in [0.05, 0.1) is 11.3 Å². The number of hydrogen-bond donors (Lipinski definition) is 4. The second kappa shape index (κ2) is 5.75. The Hall–Kier alpha value is -2.68. The van der Waals surface area contributed by atoms with Crippen molar-refractivity contribution in [2.45, 2.75) is 0 Å². The number of hydrogen-bond acceptors (Lipinski definition) is 4. The molecule has 0 fully saturated rings. The topological polar surface area (TPSA) is 132 Å². The quantitative estimate of drug-likeness (QED) is 0.647. The van der Waals surface area contributed by atoms with E-state index in [9.17, 15) is 19.2 Å². The summed E-state index contributed by atoms with van der Waals surface area (Å²) in [7, 11) is 0. The van der Waals surface area contributed by atoms with Crippen molar-refractivity contribution in [3.8, 4) is 0 Å². The number of anilines is 1. The molecule has 108 valence electrons. The zero-order valence-electron chi connectivity index (χ0n) is 10.3. The van der Waals surface area contributed by atoms with Crippen molar-refractivity contribution in [1.82, 2.24) is 9.97 Å². The van der Waals surface area contributed by atoms with Crippen LogP contribution in [0.1, 0.15) is 20.7 Å². The van der Waals surface area contributed by atoms with Crippen LogP contribution in [0.3, 0.4) is 0 Å². The van der Waals surface area contributed by atoms with Crippen molar-refractivity contribution in [1.29, 1.82) is 0 Å². The van der Waals surface area contributed by atoms with Crippen molar-refractivity contribution >= 4 is 33.5 Å². The fourth-order valence-corrected chi connectivity index (χ4v) is 1.87. The van der Waals surface area contributed by atoms with E-state index in [1.54, 1.807) is 0 Å². The molecule has 0 radical (unpaired) electrons. The van der Waals surface area contributed by atoms with Crippen LogP contribution in [0, 0.1) is 0 Å². The van der Waals surface area contributed by atoms with E-state index < -0.39 is 23.1 Å². The molecular formula is C12H8BrN3O5. The van der Waals surface area contributed by atoms with Crippen molar-refractivity contribution in [3.05, 3.63) is 60.8 Å². The third kappa shape index (κ3) is 3.26. The number of benzene rings is 1. The average molecular weight is 354 g/mol. The zero-order valence-corrected chi connectivity index (χ0v) is 11.9. The van der Waals surface area contributed by atoms with Crippen LogP contribution in [-0.2, 0) is 0 Å². The van der Waals surface area contributed by atoms with Crippen LogP contribution >= 0.6 is 15.9 Å². The Labute approximate surface area is 125 Å². The number of aromatic carboxylic acids is 1. The summed E-state index contributed by atoms with van der Waals surface area (Å²) in [6.45, 7) is 0. The van der Waals surface area contributed by atoms with Crippen LogP contribution in [0.4, 0.5) is 5.69 Å². The van der Waals surface area contributed by atoms with Gasteiger partial charge in [-0.2, -0.15) is 0 Å². The number of carbonyl (C=O) groups is 2. The van der Waals surface area contributed by atoms with Crippen molar-refractivity contribution in [3.63, 3.8) is 0 Å². The first kappa shape index (κ1) is 14.7. The van der Waals surface area contributed by atoms with Gasteiger partial charge in [0, 0.05) is 10.7 Å². The second-order valence-corrected chi connectivity index (χ2v) is 4.79. The molecule has 1 heterocycles. The first-order valence-electron chi connectivity index (χ1n) is 5.54. The molecular weight excluding hydrogens is 346 g/mol. The molecule has 1 aromatic carbocycles. The lowest BCUT2D eigenvalue weighted by Gasteiger charge is -2.07. The number of aromatic nitrogens is 2. The lowest BCUT2D eigenvalue weighted by molar-refractivity contribution is 0.0696. The number of rotatable bonds is 3. The maximum Gasteiger partial charge on any atom is 0.335 e. The summed E-state index contributed by atoms with van der Waals surface area (Å²) in [6, 6.07) is 4.05. The maximum atomic E-state index is 12.0. The Balaban J connectivity index is 2.35. The maximum absolute atomic E-state index is 12.0. The molecule has 4 N–H and O–H groups in total. The van der Waals surface area contributed by atoms with E-state index in [1.165, 1.54) is 18.2 Å². The Morgan fingerprint density at radius 3 is 2.57 bits per heavy atom. The number of carboxylic acid groups (broad SMARTS) is 1. The van der Waals surface area contributed by atoms with Crippen LogP contribution in [-0.4, -0.2) is 27.0 Å². The zero-order chi connectivity index (χ0) is 15.6. The molecule has 2 rings (SSSR count). The molecule has 0 aliphatic carbocycles. The lowest BCUT2D eigenvalue weighted by Crippen LogP contribution is -2.29. The predicted octanol–water partition coefficient (Wildman–Crippen LogP) is 0.776. The van der Waals surface area contributed by atoms with E-state index in [2.05, 4.69) is 26.2 Å². The smallest absolute Gasteiger partial charge is 0.335 e. The van der Waals surface area contributed by atoms with E-state index >= 15 is 0 Å². The highest BCUT2D eigenvalue weighted by atomic mass is 79.9. The molecule has 1 amide bonds. The first-order valence-corrected chi connectivity index (χ1v) is 6.34. The molecule has 0 aliphatic rings.